The Hall–Kier alpha value is -2.69. The topological polar surface area (TPSA) is 39.0 Å². The first-order chi connectivity index (χ1) is 11.1. The van der Waals surface area contributed by atoms with E-state index >= 15 is 0 Å². The summed E-state index contributed by atoms with van der Waals surface area (Å²) in [6, 6.07) is 7.63. The number of hydrogen-bond acceptors (Lipinski definition) is 2. The second-order valence-electron chi connectivity index (χ2n) is 4.97. The Labute approximate surface area is 119 Å². The summed E-state index contributed by atoms with van der Waals surface area (Å²) >= 11 is 0. The predicted octanol–water partition coefficient (Wildman–Crippen LogP) is 1.54. The number of pyridine rings is 1. The molecule has 0 unspecified atom stereocenters. The number of hydrogen-bond donors (Lipinski definition) is 0. The van der Waals surface area contributed by atoms with Gasteiger partial charge in [0.05, 0.1) is 22.3 Å². The molecule has 0 radical (unpaired) electrons. The Morgan fingerprint density at radius 3 is 3.30 bits per heavy atom. The van der Waals surface area contributed by atoms with E-state index in [0.717, 1.165) is 22.3 Å². The van der Waals surface area contributed by atoms with Crippen LogP contribution in [0.25, 0.3) is 28.1 Å². The monoisotopic (exact) mass is 265 g/mol. The molecule has 1 aliphatic rings. The van der Waals surface area contributed by atoms with Crippen LogP contribution in [-0.2, 0) is 13.5 Å². The second kappa shape index (κ2) is 3.25. The van der Waals surface area contributed by atoms with Gasteiger partial charge in [0.15, 0.2) is 11.8 Å². The summed E-state index contributed by atoms with van der Waals surface area (Å²) in [6.45, 7) is -1.71. The molecule has 0 spiro atoms. The van der Waals surface area contributed by atoms with Crippen molar-refractivity contribution in [3.05, 3.63) is 48.7 Å². The molecule has 4 aromatic rings. The van der Waals surface area contributed by atoms with Crippen molar-refractivity contribution in [3.8, 4) is 11.4 Å². The average Bonchev–Trinajstić information content (AvgIpc) is 3.13. The van der Waals surface area contributed by atoms with Crippen LogP contribution >= 0.6 is 0 Å². The van der Waals surface area contributed by atoms with Crippen molar-refractivity contribution in [2.24, 2.45) is 6.98 Å². The van der Waals surface area contributed by atoms with Crippen molar-refractivity contribution in [1.29, 1.82) is 0 Å². The van der Waals surface area contributed by atoms with Gasteiger partial charge in [0, 0.05) is 18.5 Å². The van der Waals surface area contributed by atoms with Crippen molar-refractivity contribution in [2.75, 3.05) is 0 Å². The molecule has 5 heterocycles. The number of imidazole rings is 1. The van der Waals surface area contributed by atoms with E-state index in [2.05, 4.69) is 9.97 Å². The molecule has 0 saturated carbocycles. The minimum absolute atomic E-state index is 0.579. The lowest BCUT2D eigenvalue weighted by Gasteiger charge is -1.96. The molecule has 0 aliphatic carbocycles. The van der Waals surface area contributed by atoms with Gasteiger partial charge in [-0.05, 0) is 18.2 Å². The number of nitrogens with zero attached hydrogens (tertiary/aromatic N) is 5. The lowest BCUT2D eigenvalue weighted by atomic mass is 10.2. The van der Waals surface area contributed by atoms with Crippen LogP contribution in [0.3, 0.4) is 0 Å². The summed E-state index contributed by atoms with van der Waals surface area (Å²) in [7, 11) is 0. The first-order valence-electron chi connectivity index (χ1n) is 7.90. The first-order valence-corrected chi connectivity index (χ1v) is 6.40. The van der Waals surface area contributed by atoms with Gasteiger partial charge in [-0.15, -0.1) is 0 Å². The molecular formula is C15H12N5+. The minimum Gasteiger partial charge on any atom is -0.257 e. The summed E-state index contributed by atoms with van der Waals surface area (Å²) in [6.07, 6.45) is 5.09. The highest BCUT2D eigenvalue weighted by Crippen LogP contribution is 2.32. The molecular weight excluding hydrogens is 250 g/mol. The Morgan fingerprint density at radius 1 is 1.35 bits per heavy atom. The van der Waals surface area contributed by atoms with Crippen LogP contribution in [0, 0.1) is 0 Å². The summed E-state index contributed by atoms with van der Waals surface area (Å²) < 4.78 is 29.3. The molecule has 0 aromatic carbocycles. The van der Waals surface area contributed by atoms with Crippen molar-refractivity contribution in [3.63, 3.8) is 0 Å². The Bertz CT molecular complexity index is 1090. The Morgan fingerprint density at radius 2 is 2.35 bits per heavy atom. The molecule has 0 atom stereocenters. The number of aromatic nitrogens is 5. The standard InChI is InChI=1S/C15H12N5/c1-18-14-11-3-2-5-17-12(11)8-19(14)13-7-10-4-6-16-9-20(10)15(13)18/h2-7,9H,8H2,1H3/q+1/i1D3. The van der Waals surface area contributed by atoms with Gasteiger partial charge in [0.25, 0.3) is 5.65 Å². The fraction of sp³-hybridized carbons (Fsp3) is 0.133. The van der Waals surface area contributed by atoms with Gasteiger partial charge < -0.3 is 0 Å². The van der Waals surface area contributed by atoms with Crippen LogP contribution in [0.15, 0.2) is 43.0 Å². The van der Waals surface area contributed by atoms with Gasteiger partial charge in [0.1, 0.15) is 12.1 Å². The zero-order valence-corrected chi connectivity index (χ0v) is 10.5. The van der Waals surface area contributed by atoms with E-state index in [1.54, 1.807) is 18.7 Å². The summed E-state index contributed by atoms with van der Waals surface area (Å²) in [4.78, 5) is 8.52. The fourth-order valence-electron chi connectivity index (χ4n) is 3.09. The van der Waals surface area contributed by atoms with Crippen LogP contribution in [0.5, 0.6) is 0 Å². The maximum absolute atomic E-state index is 8.02. The highest BCUT2D eigenvalue weighted by Gasteiger charge is 2.33. The predicted molar refractivity (Wildman–Crippen MR) is 74.2 cm³/mol. The van der Waals surface area contributed by atoms with E-state index in [4.69, 9.17) is 4.11 Å². The highest BCUT2D eigenvalue weighted by atomic mass is 15.2. The van der Waals surface area contributed by atoms with Gasteiger partial charge >= 0.3 is 0 Å². The van der Waals surface area contributed by atoms with Crippen molar-refractivity contribution in [2.45, 2.75) is 6.54 Å². The minimum atomic E-state index is -2.29. The molecule has 0 bridgehead atoms. The van der Waals surface area contributed by atoms with Gasteiger partial charge in [-0.1, -0.05) is 0 Å². The van der Waals surface area contributed by atoms with E-state index in [1.165, 1.54) is 4.57 Å². The van der Waals surface area contributed by atoms with Crippen molar-refractivity contribution in [1.82, 2.24) is 18.9 Å². The van der Waals surface area contributed by atoms with E-state index < -0.39 is 6.98 Å². The number of fused-ring (bicyclic) bond motifs is 7. The third kappa shape index (κ3) is 1.02. The average molecular weight is 265 g/mol. The van der Waals surface area contributed by atoms with Crippen LogP contribution < -0.4 is 4.57 Å². The summed E-state index contributed by atoms with van der Waals surface area (Å²) in [5.74, 6) is 0.677. The second-order valence-corrected chi connectivity index (χ2v) is 4.97. The molecule has 0 fully saturated rings. The van der Waals surface area contributed by atoms with Crippen LogP contribution in [0.2, 0.25) is 0 Å². The quantitative estimate of drug-likeness (QED) is 0.398. The zero-order chi connectivity index (χ0) is 15.8. The molecule has 96 valence electrons. The molecule has 5 nitrogen and oxygen atoms in total. The molecule has 0 saturated heterocycles. The van der Waals surface area contributed by atoms with Gasteiger partial charge in [0.2, 0.25) is 5.82 Å². The third-order valence-corrected chi connectivity index (χ3v) is 3.94. The van der Waals surface area contributed by atoms with Gasteiger partial charge in [-0.25, -0.2) is 18.5 Å². The maximum atomic E-state index is 8.02. The zero-order valence-electron chi connectivity index (χ0n) is 13.5. The molecule has 1 aliphatic heterocycles. The van der Waals surface area contributed by atoms with Crippen molar-refractivity contribution < 1.29 is 8.68 Å². The van der Waals surface area contributed by atoms with E-state index in [-0.39, 0.29) is 0 Å². The highest BCUT2D eigenvalue weighted by molar-refractivity contribution is 5.83. The molecule has 0 amide bonds. The Balaban J connectivity index is 2.01. The lowest BCUT2D eigenvalue weighted by molar-refractivity contribution is -0.636. The van der Waals surface area contributed by atoms with E-state index in [9.17, 15) is 0 Å². The molecule has 0 N–H and O–H groups in total. The molecule has 20 heavy (non-hydrogen) atoms. The van der Waals surface area contributed by atoms with Gasteiger partial charge in [-0.3, -0.25) is 4.98 Å². The van der Waals surface area contributed by atoms with E-state index in [0.29, 0.717) is 18.0 Å². The maximum Gasteiger partial charge on any atom is 0.274 e. The Kier molecular flexibility index (Phi) is 1.27. The summed E-state index contributed by atoms with van der Waals surface area (Å²) in [5, 5.41) is 0. The molecule has 5 heteroatoms. The first kappa shape index (κ1) is 7.79. The number of aryl methyl sites for hydroxylation is 1. The largest absolute Gasteiger partial charge is 0.274 e. The fourth-order valence-corrected chi connectivity index (χ4v) is 3.09. The van der Waals surface area contributed by atoms with Crippen molar-refractivity contribution >= 4 is 16.7 Å². The normalized spacial score (nSPS) is 15.9. The smallest absolute Gasteiger partial charge is 0.257 e. The van der Waals surface area contributed by atoms with Crippen LogP contribution in [0.1, 0.15) is 9.81 Å². The summed E-state index contributed by atoms with van der Waals surface area (Å²) in [5.41, 5.74) is 4.20. The van der Waals surface area contributed by atoms with Gasteiger partial charge in [-0.2, -0.15) is 0 Å². The van der Waals surface area contributed by atoms with E-state index in [1.807, 2.05) is 33.2 Å². The lowest BCUT2D eigenvalue weighted by Crippen LogP contribution is -2.30. The SMILES string of the molecule is [2H]C([2H])([2H])[n+]1c2n(c3cc4ccncn4c31)Cc1ncccc1-2. The molecule has 5 rings (SSSR count). The van der Waals surface area contributed by atoms with Crippen LogP contribution in [0.4, 0.5) is 0 Å². The third-order valence-electron chi connectivity index (χ3n) is 3.94. The number of rotatable bonds is 0. The molecule has 4 aromatic heterocycles. The van der Waals surface area contributed by atoms with Crippen LogP contribution in [-0.4, -0.2) is 18.9 Å².